The Hall–Kier alpha value is -1.57. The van der Waals surface area contributed by atoms with Gasteiger partial charge in [0.2, 0.25) is 0 Å². The lowest BCUT2D eigenvalue weighted by atomic mass is 10.3. The van der Waals surface area contributed by atoms with Gasteiger partial charge in [0, 0.05) is 5.02 Å². The second-order valence-corrected chi connectivity index (χ2v) is 6.27. The fraction of sp³-hybridized carbons (Fsp3) is 0.143. The quantitative estimate of drug-likeness (QED) is 0.766. The highest BCUT2D eigenvalue weighted by atomic mass is 79.9. The van der Waals surface area contributed by atoms with Crippen LogP contribution < -0.4 is 10.1 Å². The standard InChI is InChI=1S/C14H11BrClNO4S/c1-20-14(19)13-10(4-5-22-13)17-12(18)7-21-11-3-2-8(16)6-9(11)15/h2-6H,7H2,1H3,(H,17,18). The number of methoxy groups -OCH3 is 1. The highest BCUT2D eigenvalue weighted by Gasteiger charge is 2.16. The predicted molar refractivity (Wildman–Crippen MR) is 88.9 cm³/mol. The summed E-state index contributed by atoms with van der Waals surface area (Å²) >= 11 is 10.3. The van der Waals surface area contributed by atoms with E-state index in [1.54, 1.807) is 29.6 Å². The first-order valence-corrected chi connectivity index (χ1v) is 8.10. The van der Waals surface area contributed by atoms with Gasteiger partial charge < -0.3 is 14.8 Å². The van der Waals surface area contributed by atoms with Crippen LogP contribution in [0.4, 0.5) is 5.69 Å². The molecule has 116 valence electrons. The Labute approximate surface area is 144 Å². The Kier molecular flexibility index (Phi) is 5.82. The molecule has 0 radical (unpaired) electrons. The number of hydrogen-bond donors (Lipinski definition) is 1. The van der Waals surface area contributed by atoms with Crippen LogP contribution in [0.5, 0.6) is 5.75 Å². The van der Waals surface area contributed by atoms with Crippen LogP contribution in [0, 0.1) is 0 Å². The van der Waals surface area contributed by atoms with Crippen molar-refractivity contribution in [3.8, 4) is 5.75 Å². The van der Waals surface area contributed by atoms with E-state index >= 15 is 0 Å². The Morgan fingerprint density at radius 3 is 2.82 bits per heavy atom. The maximum Gasteiger partial charge on any atom is 0.350 e. The molecule has 0 aliphatic carbocycles. The number of nitrogens with one attached hydrogen (secondary N) is 1. The summed E-state index contributed by atoms with van der Waals surface area (Å²) in [4.78, 5) is 23.8. The van der Waals surface area contributed by atoms with E-state index in [0.717, 1.165) is 0 Å². The van der Waals surface area contributed by atoms with Gasteiger partial charge in [-0.2, -0.15) is 0 Å². The van der Waals surface area contributed by atoms with E-state index in [4.69, 9.17) is 16.3 Å². The Morgan fingerprint density at radius 2 is 2.14 bits per heavy atom. The monoisotopic (exact) mass is 403 g/mol. The molecule has 1 aromatic carbocycles. The molecular formula is C14H11BrClNO4S. The maximum absolute atomic E-state index is 11.9. The van der Waals surface area contributed by atoms with Gasteiger partial charge in [-0.25, -0.2) is 4.79 Å². The predicted octanol–water partition coefficient (Wildman–Crippen LogP) is 3.97. The zero-order valence-electron chi connectivity index (χ0n) is 11.4. The molecule has 1 aromatic heterocycles. The second-order valence-electron chi connectivity index (χ2n) is 4.07. The molecule has 0 bridgehead atoms. The molecule has 1 amide bonds. The van der Waals surface area contributed by atoms with Crippen LogP contribution in [0.1, 0.15) is 9.67 Å². The third-order valence-corrected chi connectivity index (χ3v) is 4.31. The maximum atomic E-state index is 11.9. The molecule has 0 saturated carbocycles. The van der Waals surface area contributed by atoms with Gasteiger partial charge in [-0.1, -0.05) is 11.6 Å². The number of carbonyl (C=O) groups excluding carboxylic acids is 2. The number of carbonyl (C=O) groups is 2. The number of rotatable bonds is 5. The lowest BCUT2D eigenvalue weighted by Crippen LogP contribution is -2.21. The van der Waals surface area contributed by atoms with Crippen molar-refractivity contribution in [1.29, 1.82) is 0 Å². The van der Waals surface area contributed by atoms with Gasteiger partial charge in [-0.15, -0.1) is 11.3 Å². The van der Waals surface area contributed by atoms with Crippen molar-refractivity contribution in [2.75, 3.05) is 19.0 Å². The van der Waals surface area contributed by atoms with Crippen molar-refractivity contribution in [2.24, 2.45) is 0 Å². The first-order valence-electron chi connectivity index (χ1n) is 6.04. The van der Waals surface area contributed by atoms with E-state index in [-0.39, 0.29) is 12.5 Å². The summed E-state index contributed by atoms with van der Waals surface area (Å²) in [6.07, 6.45) is 0. The van der Waals surface area contributed by atoms with Crippen LogP contribution in [0.2, 0.25) is 5.02 Å². The smallest absolute Gasteiger partial charge is 0.350 e. The van der Waals surface area contributed by atoms with Gasteiger partial charge in [-0.3, -0.25) is 4.79 Å². The van der Waals surface area contributed by atoms with Crippen LogP contribution in [-0.2, 0) is 9.53 Å². The normalized spacial score (nSPS) is 10.1. The highest BCUT2D eigenvalue weighted by Crippen LogP contribution is 2.28. The van der Waals surface area contributed by atoms with Crippen molar-refractivity contribution in [3.05, 3.63) is 44.0 Å². The Morgan fingerprint density at radius 1 is 1.36 bits per heavy atom. The highest BCUT2D eigenvalue weighted by molar-refractivity contribution is 9.10. The molecule has 0 unspecified atom stereocenters. The SMILES string of the molecule is COC(=O)c1sccc1NC(=O)COc1ccc(Cl)cc1Br. The molecule has 0 aliphatic rings. The lowest BCUT2D eigenvalue weighted by molar-refractivity contribution is -0.118. The molecule has 5 nitrogen and oxygen atoms in total. The molecule has 1 N–H and O–H groups in total. The summed E-state index contributed by atoms with van der Waals surface area (Å²) in [5.74, 6) is -0.380. The minimum Gasteiger partial charge on any atom is -0.483 e. The molecule has 0 saturated heterocycles. The van der Waals surface area contributed by atoms with Crippen LogP contribution in [0.3, 0.4) is 0 Å². The van der Waals surface area contributed by atoms with Crippen molar-refractivity contribution >= 4 is 56.4 Å². The van der Waals surface area contributed by atoms with Gasteiger partial charge in [-0.05, 0) is 45.6 Å². The lowest BCUT2D eigenvalue weighted by Gasteiger charge is -2.09. The molecule has 22 heavy (non-hydrogen) atoms. The number of thiophene rings is 1. The number of benzene rings is 1. The first-order chi connectivity index (χ1) is 10.5. The topological polar surface area (TPSA) is 64.6 Å². The number of esters is 1. The molecule has 0 atom stereocenters. The zero-order valence-corrected chi connectivity index (χ0v) is 14.5. The molecule has 2 rings (SSSR count). The van der Waals surface area contributed by atoms with Crippen molar-refractivity contribution in [1.82, 2.24) is 0 Å². The van der Waals surface area contributed by atoms with E-state index < -0.39 is 5.97 Å². The third-order valence-electron chi connectivity index (χ3n) is 2.56. The van der Waals surface area contributed by atoms with Crippen molar-refractivity contribution in [3.63, 3.8) is 0 Å². The molecule has 2 aromatic rings. The van der Waals surface area contributed by atoms with Gasteiger partial charge >= 0.3 is 5.97 Å². The number of ether oxygens (including phenoxy) is 2. The van der Waals surface area contributed by atoms with Gasteiger partial charge in [0.25, 0.3) is 5.91 Å². The van der Waals surface area contributed by atoms with E-state index in [0.29, 0.717) is 25.8 Å². The first kappa shape index (κ1) is 16.8. The van der Waals surface area contributed by atoms with E-state index in [1.165, 1.54) is 18.4 Å². The minimum atomic E-state index is -0.494. The molecule has 0 fully saturated rings. The minimum absolute atomic E-state index is 0.198. The summed E-state index contributed by atoms with van der Waals surface area (Å²) in [5, 5.41) is 4.86. The summed E-state index contributed by atoms with van der Waals surface area (Å²) in [6.45, 7) is -0.198. The third kappa shape index (κ3) is 4.22. The van der Waals surface area contributed by atoms with E-state index in [1.807, 2.05) is 0 Å². The largest absolute Gasteiger partial charge is 0.483 e. The Bertz CT molecular complexity index is 704. The molecule has 1 heterocycles. The van der Waals surface area contributed by atoms with Crippen LogP contribution in [-0.4, -0.2) is 25.6 Å². The summed E-state index contributed by atoms with van der Waals surface area (Å²) in [6, 6.07) is 6.62. The Balaban J connectivity index is 1.96. The number of halogens is 2. The van der Waals surface area contributed by atoms with Gasteiger partial charge in [0.05, 0.1) is 17.3 Å². The van der Waals surface area contributed by atoms with Crippen LogP contribution >= 0.6 is 38.9 Å². The fourth-order valence-electron chi connectivity index (χ4n) is 1.58. The fourth-order valence-corrected chi connectivity index (χ4v) is 3.14. The van der Waals surface area contributed by atoms with E-state index in [2.05, 4.69) is 26.0 Å². The summed E-state index contributed by atoms with van der Waals surface area (Å²) in [5.41, 5.74) is 0.403. The van der Waals surface area contributed by atoms with Crippen molar-refractivity contribution in [2.45, 2.75) is 0 Å². The summed E-state index contributed by atoms with van der Waals surface area (Å²) in [7, 11) is 1.29. The molecular weight excluding hydrogens is 394 g/mol. The average molecular weight is 405 g/mol. The number of anilines is 1. The van der Waals surface area contributed by atoms with E-state index in [9.17, 15) is 9.59 Å². The number of amides is 1. The van der Waals surface area contributed by atoms with Crippen molar-refractivity contribution < 1.29 is 19.1 Å². The second kappa shape index (κ2) is 7.62. The molecule has 8 heteroatoms. The van der Waals surface area contributed by atoms with Gasteiger partial charge in [0.1, 0.15) is 10.6 Å². The van der Waals surface area contributed by atoms with Crippen LogP contribution in [0.15, 0.2) is 34.1 Å². The summed E-state index contributed by atoms with van der Waals surface area (Å²) < 4.78 is 10.7. The molecule has 0 aliphatic heterocycles. The number of hydrogen-bond acceptors (Lipinski definition) is 5. The average Bonchev–Trinajstić information content (AvgIpc) is 2.93. The molecule has 0 spiro atoms. The van der Waals surface area contributed by atoms with Gasteiger partial charge in [0.15, 0.2) is 6.61 Å². The van der Waals surface area contributed by atoms with Crippen LogP contribution in [0.25, 0.3) is 0 Å². The zero-order chi connectivity index (χ0) is 16.1.